The minimum Gasteiger partial charge on any atom is -0.454 e. The third kappa shape index (κ3) is 48.7. The van der Waals surface area contributed by atoms with E-state index < -0.39 is 67.4 Å². The summed E-state index contributed by atoms with van der Waals surface area (Å²) in [6, 6.07) is -1.03. The van der Waals surface area contributed by atoms with Gasteiger partial charge in [-0.3, -0.25) is 9.59 Å². The zero-order valence-corrected chi connectivity index (χ0v) is 55.0. The molecule has 494 valence electrons. The summed E-state index contributed by atoms with van der Waals surface area (Å²) in [6.07, 6.45) is 69.3. The molecule has 1 aliphatic rings. The van der Waals surface area contributed by atoms with Gasteiger partial charge < -0.3 is 45.1 Å². The van der Waals surface area contributed by atoms with Crippen molar-refractivity contribution in [3.8, 4) is 0 Å². The third-order valence-corrected chi connectivity index (χ3v) is 16.6. The van der Waals surface area contributed by atoms with E-state index in [9.17, 15) is 35.1 Å². The number of hydrogen-bond donors (Lipinski definition) is 6. The lowest BCUT2D eigenvalue weighted by Crippen LogP contribution is -2.61. The lowest BCUT2D eigenvalue weighted by Gasteiger charge is -2.41. The molecule has 0 radical (unpaired) electrons. The van der Waals surface area contributed by atoms with Crippen molar-refractivity contribution in [2.45, 2.75) is 372 Å². The van der Waals surface area contributed by atoms with Crippen LogP contribution in [0.1, 0.15) is 323 Å². The minimum absolute atomic E-state index is 0.120. The van der Waals surface area contributed by atoms with E-state index in [1.807, 2.05) is 6.08 Å². The fourth-order valence-corrected chi connectivity index (χ4v) is 10.9. The Kier molecular flexibility index (Phi) is 57.8. The van der Waals surface area contributed by atoms with Crippen molar-refractivity contribution in [3.05, 3.63) is 72.9 Å². The molecule has 1 rings (SSSR count). The first-order chi connectivity index (χ1) is 41.7. The van der Waals surface area contributed by atoms with Crippen LogP contribution in [0, 0.1) is 0 Å². The molecule has 0 saturated carbocycles. The Morgan fingerprint density at radius 3 is 1.25 bits per heavy atom. The van der Waals surface area contributed by atoms with Crippen LogP contribution in [0.3, 0.4) is 0 Å². The first kappa shape index (κ1) is 80.1. The van der Waals surface area contributed by atoms with Crippen LogP contribution in [-0.4, -0.2) is 99.6 Å². The molecule has 1 fully saturated rings. The van der Waals surface area contributed by atoms with E-state index in [-0.39, 0.29) is 19.4 Å². The van der Waals surface area contributed by atoms with Crippen LogP contribution in [0.5, 0.6) is 0 Å². The summed E-state index contributed by atoms with van der Waals surface area (Å²) < 4.78 is 17.7. The standard InChI is InChI=1S/C74H133NO10/c1-4-7-10-13-16-19-22-25-27-29-31-32-33-34-35-37-38-40-43-46-49-52-55-58-61-67(78)73(82)75-65(66(77)60-57-54-51-48-45-42-24-21-18-15-12-9-6-3)64-83-74-72(71(81)70(80)68(63-76)84-74)85-69(79)62-59-56-53-50-47-44-41-39-36-30-28-26-23-20-17-14-11-8-5-2/h16,19,25-28,31-32,34-35,57,60,65-68,70-72,74,76-78,80-81H,4-15,17-18,20-24,29-30,33,36-56,58-59,61-64H2,1-3H3,(H,75,82)/b19-16-,27-25-,28-26+,32-31-,35-34-,60-57+. The molecule has 8 atom stereocenters. The summed E-state index contributed by atoms with van der Waals surface area (Å²) in [7, 11) is 0. The molecule has 1 saturated heterocycles. The zero-order valence-electron chi connectivity index (χ0n) is 55.0. The summed E-state index contributed by atoms with van der Waals surface area (Å²) in [5.41, 5.74) is 0. The molecular formula is C74H133NO10. The molecule has 11 heteroatoms. The number of allylic oxidation sites excluding steroid dienone is 11. The molecule has 85 heavy (non-hydrogen) atoms. The average molecular weight is 1200 g/mol. The summed E-state index contributed by atoms with van der Waals surface area (Å²) >= 11 is 0. The quantitative estimate of drug-likeness (QED) is 0.0195. The van der Waals surface area contributed by atoms with Gasteiger partial charge >= 0.3 is 5.97 Å². The summed E-state index contributed by atoms with van der Waals surface area (Å²) in [5, 5.41) is 57.3. The van der Waals surface area contributed by atoms with E-state index in [2.05, 4.69) is 86.8 Å². The third-order valence-electron chi connectivity index (χ3n) is 16.6. The average Bonchev–Trinajstić information content (AvgIpc) is 3.17. The minimum atomic E-state index is -1.62. The first-order valence-electron chi connectivity index (χ1n) is 35.7. The maximum absolute atomic E-state index is 13.5. The highest BCUT2D eigenvalue weighted by atomic mass is 16.7. The summed E-state index contributed by atoms with van der Waals surface area (Å²) in [4.78, 5) is 26.7. The van der Waals surface area contributed by atoms with Gasteiger partial charge in [-0.25, -0.2) is 0 Å². The predicted molar refractivity (Wildman–Crippen MR) is 356 cm³/mol. The Morgan fingerprint density at radius 2 is 0.812 bits per heavy atom. The topological polar surface area (TPSA) is 175 Å². The molecule has 1 aliphatic heterocycles. The van der Waals surface area contributed by atoms with E-state index in [4.69, 9.17) is 14.2 Å². The summed E-state index contributed by atoms with van der Waals surface area (Å²) in [6.45, 7) is 5.79. The highest BCUT2D eigenvalue weighted by molar-refractivity contribution is 5.80. The van der Waals surface area contributed by atoms with E-state index in [1.165, 1.54) is 193 Å². The number of carbonyl (C=O) groups is 2. The molecule has 0 bridgehead atoms. The fourth-order valence-electron chi connectivity index (χ4n) is 10.9. The van der Waals surface area contributed by atoms with Crippen LogP contribution >= 0.6 is 0 Å². The first-order valence-corrected chi connectivity index (χ1v) is 35.7. The van der Waals surface area contributed by atoms with Gasteiger partial charge in [-0.05, 0) is 96.3 Å². The second-order valence-corrected chi connectivity index (χ2v) is 24.6. The lowest BCUT2D eigenvalue weighted by molar-refractivity contribution is -0.305. The van der Waals surface area contributed by atoms with Gasteiger partial charge in [0.1, 0.15) is 24.4 Å². The van der Waals surface area contributed by atoms with Crippen molar-refractivity contribution in [1.29, 1.82) is 0 Å². The van der Waals surface area contributed by atoms with E-state index in [1.54, 1.807) is 6.08 Å². The number of carbonyl (C=O) groups excluding carboxylic acids is 2. The summed E-state index contributed by atoms with van der Waals surface area (Å²) in [5.74, 6) is -1.20. The monoisotopic (exact) mass is 1200 g/mol. The number of ether oxygens (including phenoxy) is 3. The lowest BCUT2D eigenvalue weighted by atomic mass is 9.99. The molecular weight excluding hydrogens is 1060 g/mol. The number of unbranched alkanes of at least 4 members (excludes halogenated alkanes) is 37. The van der Waals surface area contributed by atoms with Gasteiger partial charge in [-0.2, -0.15) is 0 Å². The van der Waals surface area contributed by atoms with E-state index in [0.717, 1.165) is 83.5 Å². The molecule has 0 spiro atoms. The molecule has 8 unspecified atom stereocenters. The Balaban J connectivity index is 2.61. The number of aliphatic hydroxyl groups excluding tert-OH is 5. The van der Waals surface area contributed by atoms with Crippen LogP contribution in [0.2, 0.25) is 0 Å². The zero-order chi connectivity index (χ0) is 61.7. The Labute approximate surface area is 521 Å². The second-order valence-electron chi connectivity index (χ2n) is 24.6. The second kappa shape index (κ2) is 61.3. The van der Waals surface area contributed by atoms with E-state index in [0.29, 0.717) is 12.8 Å². The largest absolute Gasteiger partial charge is 0.454 e. The Morgan fingerprint density at radius 1 is 0.459 bits per heavy atom. The molecule has 0 aliphatic carbocycles. The van der Waals surface area contributed by atoms with Gasteiger partial charge in [-0.15, -0.1) is 0 Å². The van der Waals surface area contributed by atoms with E-state index >= 15 is 0 Å². The van der Waals surface area contributed by atoms with Crippen LogP contribution in [-0.2, 0) is 23.8 Å². The Bertz CT molecular complexity index is 1660. The Hall–Kier alpha value is -2.90. The number of aliphatic hydroxyl groups is 5. The maximum Gasteiger partial charge on any atom is 0.306 e. The van der Waals surface area contributed by atoms with Crippen molar-refractivity contribution in [3.63, 3.8) is 0 Å². The highest BCUT2D eigenvalue weighted by Gasteiger charge is 2.47. The molecule has 1 heterocycles. The predicted octanol–water partition coefficient (Wildman–Crippen LogP) is 18.3. The van der Waals surface area contributed by atoms with Crippen molar-refractivity contribution >= 4 is 11.9 Å². The van der Waals surface area contributed by atoms with Gasteiger partial charge in [0.15, 0.2) is 12.4 Å². The van der Waals surface area contributed by atoms with Gasteiger partial charge in [0.25, 0.3) is 0 Å². The molecule has 0 aromatic rings. The molecule has 0 aromatic carbocycles. The molecule has 11 nitrogen and oxygen atoms in total. The smallest absolute Gasteiger partial charge is 0.306 e. The van der Waals surface area contributed by atoms with Crippen molar-refractivity contribution < 1.29 is 49.3 Å². The normalized spacial score (nSPS) is 18.8. The van der Waals surface area contributed by atoms with Crippen LogP contribution in [0.25, 0.3) is 0 Å². The van der Waals surface area contributed by atoms with Crippen molar-refractivity contribution in [2.24, 2.45) is 0 Å². The van der Waals surface area contributed by atoms with Crippen LogP contribution in [0.15, 0.2) is 72.9 Å². The van der Waals surface area contributed by atoms with Crippen molar-refractivity contribution in [1.82, 2.24) is 5.32 Å². The van der Waals surface area contributed by atoms with Crippen molar-refractivity contribution in [2.75, 3.05) is 13.2 Å². The van der Waals surface area contributed by atoms with Crippen LogP contribution < -0.4 is 5.32 Å². The van der Waals surface area contributed by atoms with Crippen LogP contribution in [0.4, 0.5) is 0 Å². The fraction of sp³-hybridized carbons (Fsp3) is 0.811. The number of amides is 1. The van der Waals surface area contributed by atoms with Gasteiger partial charge in [-0.1, -0.05) is 293 Å². The molecule has 1 amide bonds. The van der Waals surface area contributed by atoms with Gasteiger partial charge in [0.05, 0.1) is 25.4 Å². The number of nitrogens with one attached hydrogen (secondary N) is 1. The van der Waals surface area contributed by atoms with Gasteiger partial charge in [0.2, 0.25) is 5.91 Å². The van der Waals surface area contributed by atoms with Gasteiger partial charge in [0, 0.05) is 6.42 Å². The molecule has 0 aromatic heterocycles. The number of hydrogen-bond acceptors (Lipinski definition) is 10. The number of rotatable bonds is 61. The SMILES string of the molecule is CCCCC/C=C\C/C=C\C/C=C\C/C=C\CCCCCCCCCCC(O)C(=O)NC(COC1OC(CO)C(O)C(O)C1OC(=O)CCCCCCCCCCC/C=C/CCCCCCCC)C(O)/C=C/CCCCCCCCCCCCC. The molecule has 6 N–H and O–H groups in total. The highest BCUT2D eigenvalue weighted by Crippen LogP contribution is 2.26. The maximum atomic E-state index is 13.5. The number of esters is 1.